The number of nitrogens with one attached hydrogen (secondary N) is 1. The van der Waals surface area contributed by atoms with E-state index in [2.05, 4.69) is 15.6 Å². The molecule has 0 atom stereocenters. The van der Waals surface area contributed by atoms with E-state index in [9.17, 15) is 18.0 Å². The molecule has 0 aliphatic heterocycles. The number of carbonyl (C=O) groups excluding carboxylic acids is 1. The Labute approximate surface area is 158 Å². The van der Waals surface area contributed by atoms with Crippen molar-refractivity contribution in [2.45, 2.75) is 19.6 Å². The summed E-state index contributed by atoms with van der Waals surface area (Å²) in [6, 6.07) is 11.9. The smallest absolute Gasteiger partial charge is 0.416 e. The van der Waals surface area contributed by atoms with Crippen LogP contribution < -0.4 is 5.32 Å². The summed E-state index contributed by atoms with van der Waals surface area (Å²) in [5.74, 6) is -0.436. The second-order valence-electron chi connectivity index (χ2n) is 5.86. The summed E-state index contributed by atoms with van der Waals surface area (Å²) in [5.41, 5.74) is 1.22. The van der Waals surface area contributed by atoms with Gasteiger partial charge in [0.05, 0.1) is 18.4 Å². The normalized spacial score (nSPS) is 11.3. The third-order valence-corrected chi connectivity index (χ3v) is 3.81. The Hall–Kier alpha value is -3.36. The zero-order chi connectivity index (χ0) is 20.1. The number of esters is 1. The Morgan fingerprint density at radius 2 is 1.96 bits per heavy atom. The second-order valence-corrected chi connectivity index (χ2v) is 5.86. The number of alkyl halides is 3. The Kier molecular flexibility index (Phi) is 5.62. The summed E-state index contributed by atoms with van der Waals surface area (Å²) in [6.07, 6.45) is -2.85. The lowest BCUT2D eigenvalue weighted by Gasteiger charge is -2.13. The van der Waals surface area contributed by atoms with Crippen molar-refractivity contribution < 1.29 is 22.7 Å². The maximum atomic E-state index is 12.9. The first-order chi connectivity index (χ1) is 13.4. The van der Waals surface area contributed by atoms with Gasteiger partial charge in [-0.3, -0.25) is 4.79 Å². The SMILES string of the molecule is CCOC(=O)Cn1cc(-c2ccccc2Nc2cccc(C(F)(F)F)c2)nn1. The molecule has 3 aromatic rings. The van der Waals surface area contributed by atoms with Crippen molar-refractivity contribution in [2.75, 3.05) is 11.9 Å². The lowest BCUT2D eigenvalue weighted by Crippen LogP contribution is -2.13. The number of carbonyl (C=O) groups is 1. The summed E-state index contributed by atoms with van der Waals surface area (Å²) in [6.45, 7) is 1.90. The molecule has 6 nitrogen and oxygen atoms in total. The highest BCUT2D eigenvalue weighted by Gasteiger charge is 2.30. The minimum absolute atomic E-state index is 0.0793. The predicted molar refractivity (Wildman–Crippen MR) is 96.8 cm³/mol. The van der Waals surface area contributed by atoms with Gasteiger partial charge in [-0.05, 0) is 31.2 Å². The average Bonchev–Trinajstić information content (AvgIpc) is 3.10. The monoisotopic (exact) mass is 390 g/mol. The van der Waals surface area contributed by atoms with Crippen LogP contribution in [0.4, 0.5) is 24.5 Å². The molecular weight excluding hydrogens is 373 g/mol. The minimum Gasteiger partial charge on any atom is -0.465 e. The fourth-order valence-electron chi connectivity index (χ4n) is 2.58. The largest absolute Gasteiger partial charge is 0.465 e. The van der Waals surface area contributed by atoms with Crippen LogP contribution in [-0.4, -0.2) is 27.6 Å². The van der Waals surface area contributed by atoms with Crippen LogP contribution in [0.2, 0.25) is 0 Å². The number of benzene rings is 2. The summed E-state index contributed by atoms with van der Waals surface area (Å²) in [7, 11) is 0. The van der Waals surface area contributed by atoms with E-state index in [1.165, 1.54) is 10.7 Å². The molecule has 0 aliphatic carbocycles. The number of hydrogen-bond acceptors (Lipinski definition) is 5. The molecule has 2 aromatic carbocycles. The van der Waals surface area contributed by atoms with Gasteiger partial charge >= 0.3 is 12.1 Å². The van der Waals surface area contributed by atoms with Gasteiger partial charge in [0.1, 0.15) is 12.2 Å². The molecule has 0 fully saturated rings. The minimum atomic E-state index is -4.42. The number of para-hydroxylation sites is 1. The van der Waals surface area contributed by atoms with E-state index in [1.807, 2.05) is 0 Å². The highest BCUT2D eigenvalue weighted by atomic mass is 19.4. The summed E-state index contributed by atoms with van der Waals surface area (Å²) < 4.78 is 45.0. The maximum Gasteiger partial charge on any atom is 0.416 e. The molecule has 1 heterocycles. The molecule has 0 amide bonds. The van der Waals surface area contributed by atoms with E-state index in [0.29, 0.717) is 22.6 Å². The molecule has 0 aliphatic rings. The van der Waals surface area contributed by atoms with Crippen molar-refractivity contribution in [1.82, 2.24) is 15.0 Å². The quantitative estimate of drug-likeness (QED) is 0.637. The van der Waals surface area contributed by atoms with Gasteiger partial charge < -0.3 is 10.1 Å². The van der Waals surface area contributed by atoms with E-state index in [4.69, 9.17) is 4.74 Å². The van der Waals surface area contributed by atoms with Gasteiger partial charge in [0.25, 0.3) is 0 Å². The molecule has 9 heteroatoms. The molecule has 28 heavy (non-hydrogen) atoms. The number of rotatable bonds is 6. The Balaban J connectivity index is 1.85. The van der Waals surface area contributed by atoms with Gasteiger partial charge in [-0.15, -0.1) is 5.10 Å². The summed E-state index contributed by atoms with van der Waals surface area (Å²) >= 11 is 0. The molecule has 3 rings (SSSR count). The highest BCUT2D eigenvalue weighted by Crippen LogP contribution is 2.33. The zero-order valence-electron chi connectivity index (χ0n) is 14.9. The lowest BCUT2D eigenvalue weighted by molar-refractivity contribution is -0.144. The van der Waals surface area contributed by atoms with Crippen LogP contribution in [0.15, 0.2) is 54.7 Å². The lowest BCUT2D eigenvalue weighted by atomic mass is 10.1. The van der Waals surface area contributed by atoms with Crippen LogP contribution in [0.5, 0.6) is 0 Å². The molecule has 0 saturated heterocycles. The van der Waals surface area contributed by atoms with E-state index < -0.39 is 17.7 Å². The van der Waals surface area contributed by atoms with Crippen LogP contribution in [0.25, 0.3) is 11.3 Å². The Morgan fingerprint density at radius 1 is 1.18 bits per heavy atom. The Bertz CT molecular complexity index is 970. The van der Waals surface area contributed by atoms with Crippen LogP contribution >= 0.6 is 0 Å². The van der Waals surface area contributed by atoms with Gasteiger partial charge in [0.15, 0.2) is 0 Å². The number of hydrogen-bond donors (Lipinski definition) is 1. The van der Waals surface area contributed by atoms with Crippen molar-refractivity contribution in [3.05, 3.63) is 60.3 Å². The summed E-state index contributed by atoms with van der Waals surface area (Å²) in [5, 5.41) is 10.9. The van der Waals surface area contributed by atoms with Crippen LogP contribution in [0.1, 0.15) is 12.5 Å². The molecule has 0 spiro atoms. The second kappa shape index (κ2) is 8.12. The first-order valence-corrected chi connectivity index (χ1v) is 8.46. The molecule has 146 valence electrons. The zero-order valence-corrected chi connectivity index (χ0v) is 14.9. The molecule has 0 unspecified atom stereocenters. The number of anilines is 2. The fraction of sp³-hybridized carbons (Fsp3) is 0.211. The predicted octanol–water partition coefficient (Wildman–Crippen LogP) is 4.27. The van der Waals surface area contributed by atoms with Crippen LogP contribution in [0, 0.1) is 0 Å². The molecule has 0 bridgehead atoms. The van der Waals surface area contributed by atoms with Gasteiger partial charge in [-0.2, -0.15) is 13.2 Å². The first-order valence-electron chi connectivity index (χ1n) is 8.46. The third-order valence-electron chi connectivity index (χ3n) is 3.81. The Morgan fingerprint density at radius 3 is 2.71 bits per heavy atom. The molecule has 1 N–H and O–H groups in total. The van der Waals surface area contributed by atoms with Crippen molar-refractivity contribution in [3.8, 4) is 11.3 Å². The number of aromatic nitrogens is 3. The van der Waals surface area contributed by atoms with Crippen molar-refractivity contribution in [2.24, 2.45) is 0 Å². The van der Waals surface area contributed by atoms with E-state index in [0.717, 1.165) is 12.1 Å². The van der Waals surface area contributed by atoms with Gasteiger partial charge in [-0.1, -0.05) is 29.5 Å². The van der Waals surface area contributed by atoms with Gasteiger partial charge in [-0.25, -0.2) is 4.68 Å². The van der Waals surface area contributed by atoms with Crippen molar-refractivity contribution in [3.63, 3.8) is 0 Å². The van der Waals surface area contributed by atoms with E-state index in [1.54, 1.807) is 43.5 Å². The fourth-order valence-corrected chi connectivity index (χ4v) is 2.58. The first kappa shape index (κ1) is 19.4. The van der Waals surface area contributed by atoms with E-state index >= 15 is 0 Å². The van der Waals surface area contributed by atoms with Gasteiger partial charge in [0, 0.05) is 16.9 Å². The standard InChI is InChI=1S/C19H17F3N4O2/c1-2-28-18(27)12-26-11-17(24-25-26)15-8-3-4-9-16(15)23-14-7-5-6-13(10-14)19(20,21)22/h3-11,23H,2,12H2,1H3. The van der Waals surface area contributed by atoms with Crippen LogP contribution in [-0.2, 0) is 22.3 Å². The number of ether oxygens (including phenoxy) is 1. The number of halogens is 3. The van der Waals surface area contributed by atoms with Crippen LogP contribution in [0.3, 0.4) is 0 Å². The molecule has 0 saturated carbocycles. The molecular formula is C19H17F3N4O2. The summed E-state index contributed by atoms with van der Waals surface area (Å²) in [4.78, 5) is 11.6. The molecule has 1 aromatic heterocycles. The van der Waals surface area contributed by atoms with Crippen molar-refractivity contribution >= 4 is 17.3 Å². The average molecular weight is 390 g/mol. The third kappa shape index (κ3) is 4.67. The number of nitrogens with zero attached hydrogens (tertiary/aromatic N) is 3. The van der Waals surface area contributed by atoms with Crippen molar-refractivity contribution in [1.29, 1.82) is 0 Å². The topological polar surface area (TPSA) is 69.0 Å². The van der Waals surface area contributed by atoms with E-state index in [-0.39, 0.29) is 13.2 Å². The highest BCUT2D eigenvalue weighted by molar-refractivity contribution is 5.79. The van der Waals surface area contributed by atoms with Gasteiger partial charge in [0.2, 0.25) is 0 Å². The molecule has 0 radical (unpaired) electrons. The maximum absolute atomic E-state index is 12.9.